The largest absolute Gasteiger partial charge is 0.490 e. The van der Waals surface area contributed by atoms with E-state index in [1.165, 1.54) is 0 Å². The number of carbonyl (C=O) groups is 1. The maximum atomic E-state index is 12.5. The van der Waals surface area contributed by atoms with Gasteiger partial charge < -0.3 is 25.3 Å². The highest BCUT2D eigenvalue weighted by molar-refractivity contribution is 5.95. The molecule has 1 aromatic rings. The highest BCUT2D eigenvalue weighted by Gasteiger charge is 2.32. The summed E-state index contributed by atoms with van der Waals surface area (Å²) in [5.74, 6) is 1.38. The van der Waals surface area contributed by atoms with Gasteiger partial charge in [-0.15, -0.1) is 0 Å². The van der Waals surface area contributed by atoms with Crippen LogP contribution in [0.3, 0.4) is 0 Å². The Balaban J connectivity index is 2.22. The minimum Gasteiger partial charge on any atom is -0.490 e. The zero-order valence-electron chi connectivity index (χ0n) is 14.8. The standard InChI is InChI=1S/C18H28N2O4/c1-4-22-14-10-13(11-15(23-5-2)16(14)24-6-3)17(21)20-12-18(19)8-7-9-18/h10-11H,4-9,12,19H2,1-3H3,(H,20,21). The Bertz CT molecular complexity index is 543. The summed E-state index contributed by atoms with van der Waals surface area (Å²) < 4.78 is 16.9. The molecule has 1 saturated carbocycles. The molecular formula is C18H28N2O4. The summed E-state index contributed by atoms with van der Waals surface area (Å²) in [6, 6.07) is 3.38. The molecule has 2 rings (SSSR count). The second kappa shape index (κ2) is 8.24. The van der Waals surface area contributed by atoms with Crippen LogP contribution in [0.2, 0.25) is 0 Å². The topological polar surface area (TPSA) is 82.8 Å². The molecule has 0 saturated heterocycles. The first-order valence-electron chi connectivity index (χ1n) is 8.66. The summed E-state index contributed by atoms with van der Waals surface area (Å²) in [4.78, 5) is 12.5. The van der Waals surface area contributed by atoms with Gasteiger partial charge in [-0.05, 0) is 52.2 Å². The van der Waals surface area contributed by atoms with Gasteiger partial charge >= 0.3 is 0 Å². The molecule has 134 valence electrons. The third-order valence-corrected chi connectivity index (χ3v) is 4.12. The number of ether oxygens (including phenoxy) is 3. The van der Waals surface area contributed by atoms with E-state index in [1.54, 1.807) is 12.1 Å². The lowest BCUT2D eigenvalue weighted by Gasteiger charge is -2.38. The second-order valence-corrected chi connectivity index (χ2v) is 6.00. The fraction of sp³-hybridized carbons (Fsp3) is 0.611. The van der Waals surface area contributed by atoms with Crippen LogP contribution in [-0.2, 0) is 0 Å². The molecule has 0 atom stereocenters. The third kappa shape index (κ3) is 4.32. The summed E-state index contributed by atoms with van der Waals surface area (Å²) in [7, 11) is 0. The molecule has 1 aliphatic carbocycles. The van der Waals surface area contributed by atoms with Gasteiger partial charge in [0.1, 0.15) is 0 Å². The summed E-state index contributed by atoms with van der Waals surface area (Å²) in [6.07, 6.45) is 3.02. The van der Waals surface area contributed by atoms with Crippen molar-refractivity contribution in [1.82, 2.24) is 5.32 Å². The van der Waals surface area contributed by atoms with Crippen molar-refractivity contribution in [3.8, 4) is 17.2 Å². The first-order chi connectivity index (χ1) is 11.5. The zero-order valence-corrected chi connectivity index (χ0v) is 14.8. The Hall–Kier alpha value is -1.95. The molecule has 6 nitrogen and oxygen atoms in total. The highest BCUT2D eigenvalue weighted by Crippen LogP contribution is 2.39. The summed E-state index contributed by atoms with van der Waals surface area (Å²) in [5.41, 5.74) is 6.39. The van der Waals surface area contributed by atoms with Gasteiger partial charge in [0.05, 0.1) is 19.8 Å². The number of nitrogens with one attached hydrogen (secondary N) is 1. The fourth-order valence-corrected chi connectivity index (χ4v) is 2.69. The molecule has 1 aliphatic rings. The van der Waals surface area contributed by atoms with Crippen LogP contribution in [0.5, 0.6) is 17.2 Å². The number of rotatable bonds is 9. The van der Waals surface area contributed by atoms with Gasteiger partial charge in [-0.25, -0.2) is 0 Å². The smallest absolute Gasteiger partial charge is 0.251 e. The predicted molar refractivity (Wildman–Crippen MR) is 93.1 cm³/mol. The van der Waals surface area contributed by atoms with Crippen molar-refractivity contribution in [2.45, 2.75) is 45.6 Å². The van der Waals surface area contributed by atoms with Gasteiger partial charge in [-0.2, -0.15) is 0 Å². The number of benzene rings is 1. The molecule has 1 fully saturated rings. The molecule has 0 unspecified atom stereocenters. The quantitative estimate of drug-likeness (QED) is 0.724. The lowest BCUT2D eigenvalue weighted by Crippen LogP contribution is -2.54. The van der Waals surface area contributed by atoms with Crippen LogP contribution in [0.1, 0.15) is 50.4 Å². The number of nitrogens with two attached hydrogens (primary N) is 1. The molecule has 0 aliphatic heterocycles. The van der Waals surface area contributed by atoms with Gasteiger partial charge in [-0.1, -0.05) is 0 Å². The van der Waals surface area contributed by atoms with Crippen molar-refractivity contribution in [2.24, 2.45) is 5.73 Å². The molecule has 6 heteroatoms. The maximum absolute atomic E-state index is 12.5. The molecule has 0 radical (unpaired) electrons. The van der Waals surface area contributed by atoms with Crippen molar-refractivity contribution < 1.29 is 19.0 Å². The van der Waals surface area contributed by atoms with Crippen LogP contribution in [-0.4, -0.2) is 37.8 Å². The average molecular weight is 336 g/mol. The van der Waals surface area contributed by atoms with Crippen LogP contribution in [0.4, 0.5) is 0 Å². The van der Waals surface area contributed by atoms with Crippen LogP contribution in [0.25, 0.3) is 0 Å². The maximum Gasteiger partial charge on any atom is 0.251 e. The van der Waals surface area contributed by atoms with Crippen LogP contribution >= 0.6 is 0 Å². The van der Waals surface area contributed by atoms with E-state index in [4.69, 9.17) is 19.9 Å². The Morgan fingerprint density at radius 2 is 1.62 bits per heavy atom. The van der Waals surface area contributed by atoms with E-state index < -0.39 is 0 Å². The monoisotopic (exact) mass is 336 g/mol. The zero-order chi connectivity index (χ0) is 17.6. The highest BCUT2D eigenvalue weighted by atomic mass is 16.5. The fourth-order valence-electron chi connectivity index (χ4n) is 2.69. The molecule has 24 heavy (non-hydrogen) atoms. The molecule has 1 aromatic carbocycles. The second-order valence-electron chi connectivity index (χ2n) is 6.00. The normalized spacial score (nSPS) is 15.3. The number of hydrogen-bond donors (Lipinski definition) is 2. The van der Waals surface area contributed by atoms with E-state index in [0.717, 1.165) is 19.3 Å². The van der Waals surface area contributed by atoms with Crippen molar-refractivity contribution in [3.63, 3.8) is 0 Å². The van der Waals surface area contributed by atoms with E-state index >= 15 is 0 Å². The minimum absolute atomic E-state index is 0.184. The Labute approximate surface area is 143 Å². The van der Waals surface area contributed by atoms with E-state index in [2.05, 4.69) is 5.32 Å². The van der Waals surface area contributed by atoms with E-state index in [0.29, 0.717) is 49.2 Å². The van der Waals surface area contributed by atoms with Crippen LogP contribution < -0.4 is 25.3 Å². The number of hydrogen-bond acceptors (Lipinski definition) is 5. The summed E-state index contributed by atoms with van der Waals surface area (Å²) in [5, 5.41) is 2.92. The number of amides is 1. The van der Waals surface area contributed by atoms with Gasteiger partial charge in [0.25, 0.3) is 5.91 Å². The molecule has 0 spiro atoms. The average Bonchev–Trinajstić information content (AvgIpc) is 2.54. The molecule has 0 heterocycles. The minimum atomic E-state index is -0.258. The van der Waals surface area contributed by atoms with E-state index in [9.17, 15) is 4.79 Å². The lowest BCUT2D eigenvalue weighted by molar-refractivity contribution is 0.0928. The van der Waals surface area contributed by atoms with Crippen LogP contribution in [0.15, 0.2) is 12.1 Å². The Morgan fingerprint density at radius 3 is 2.04 bits per heavy atom. The van der Waals surface area contributed by atoms with Crippen LogP contribution in [0, 0.1) is 0 Å². The van der Waals surface area contributed by atoms with E-state index in [-0.39, 0.29) is 11.4 Å². The Kier molecular flexibility index (Phi) is 6.31. The van der Waals surface area contributed by atoms with Crippen molar-refractivity contribution in [3.05, 3.63) is 17.7 Å². The van der Waals surface area contributed by atoms with E-state index in [1.807, 2.05) is 20.8 Å². The molecule has 0 bridgehead atoms. The first-order valence-corrected chi connectivity index (χ1v) is 8.66. The summed E-state index contributed by atoms with van der Waals surface area (Å²) >= 11 is 0. The first kappa shape index (κ1) is 18.4. The van der Waals surface area contributed by atoms with Gasteiger partial charge in [0.15, 0.2) is 11.5 Å². The molecule has 3 N–H and O–H groups in total. The summed E-state index contributed by atoms with van der Waals surface area (Å²) in [6.45, 7) is 7.58. The van der Waals surface area contributed by atoms with Gasteiger partial charge in [0.2, 0.25) is 5.75 Å². The van der Waals surface area contributed by atoms with Gasteiger partial charge in [0, 0.05) is 17.6 Å². The Morgan fingerprint density at radius 1 is 1.08 bits per heavy atom. The predicted octanol–water partition coefficient (Wildman–Crippen LogP) is 2.49. The molecule has 0 aromatic heterocycles. The van der Waals surface area contributed by atoms with Crippen molar-refractivity contribution >= 4 is 5.91 Å². The van der Waals surface area contributed by atoms with Crippen molar-refractivity contribution in [1.29, 1.82) is 0 Å². The third-order valence-electron chi connectivity index (χ3n) is 4.12. The van der Waals surface area contributed by atoms with Crippen molar-refractivity contribution in [2.75, 3.05) is 26.4 Å². The lowest BCUT2D eigenvalue weighted by atomic mass is 9.78. The molecular weight excluding hydrogens is 308 g/mol. The SMILES string of the molecule is CCOc1cc(C(=O)NCC2(N)CCC2)cc(OCC)c1OCC. The van der Waals surface area contributed by atoms with Gasteiger partial charge in [-0.3, -0.25) is 4.79 Å². The number of carbonyl (C=O) groups excluding carboxylic acids is 1. The molecule has 1 amide bonds.